The van der Waals surface area contributed by atoms with Gasteiger partial charge in [-0.3, -0.25) is 0 Å². The molecule has 39 heavy (non-hydrogen) atoms. The quantitative estimate of drug-likeness (QED) is 0.239. The van der Waals surface area contributed by atoms with Crippen molar-refractivity contribution < 1.29 is 0 Å². The predicted octanol–water partition coefficient (Wildman–Crippen LogP) is 8.00. The van der Waals surface area contributed by atoms with Crippen molar-refractivity contribution in [2.24, 2.45) is 0 Å². The zero-order valence-electron chi connectivity index (χ0n) is 23.7. The van der Waals surface area contributed by atoms with Crippen molar-refractivity contribution in [3.8, 4) is 33.6 Å². The van der Waals surface area contributed by atoms with Crippen molar-refractivity contribution in [3.63, 3.8) is 0 Å². The molecule has 0 spiro atoms. The smallest absolute Gasteiger partial charge is 0.112 e. The van der Waals surface area contributed by atoms with Crippen LogP contribution in [0.4, 0.5) is 0 Å². The van der Waals surface area contributed by atoms with Crippen LogP contribution in [0.2, 0.25) is 0 Å². The molecular formula is C35H36N4. The Labute approximate surface area is 230 Å². The summed E-state index contributed by atoms with van der Waals surface area (Å²) in [7, 11) is 0. The molecule has 0 aliphatic heterocycles. The van der Waals surface area contributed by atoms with Crippen LogP contribution in [0.1, 0.15) is 85.8 Å². The minimum Gasteiger partial charge on any atom is -0.342 e. The van der Waals surface area contributed by atoms with E-state index in [2.05, 4.69) is 81.0 Å². The Morgan fingerprint density at radius 2 is 1.08 bits per heavy atom. The number of aromatic amines is 2. The largest absolute Gasteiger partial charge is 0.342 e. The van der Waals surface area contributed by atoms with Gasteiger partial charge in [-0.1, -0.05) is 71.0 Å². The fourth-order valence-corrected chi connectivity index (χ4v) is 7.32. The number of aryl methyl sites for hydroxylation is 4. The van der Waals surface area contributed by atoms with Crippen LogP contribution in [0.25, 0.3) is 44.4 Å². The molecule has 3 aliphatic rings. The zero-order valence-corrected chi connectivity index (χ0v) is 23.7. The lowest BCUT2D eigenvalue weighted by molar-refractivity contribution is 0.551. The minimum atomic E-state index is 0.0235. The number of rotatable bonds is 1. The molecule has 0 unspecified atom stereocenters. The highest BCUT2D eigenvalue weighted by molar-refractivity contribution is 5.99. The number of nitrogens with zero attached hydrogens (tertiary/aromatic N) is 2. The van der Waals surface area contributed by atoms with Gasteiger partial charge >= 0.3 is 0 Å². The first-order valence-electron chi connectivity index (χ1n) is 14.7. The molecule has 0 saturated heterocycles. The van der Waals surface area contributed by atoms with E-state index in [1.165, 1.54) is 72.5 Å². The number of hydrogen-bond acceptors (Lipinski definition) is 2. The van der Waals surface area contributed by atoms with E-state index in [0.29, 0.717) is 5.92 Å². The Morgan fingerprint density at radius 3 is 1.82 bits per heavy atom. The number of nitrogens with one attached hydrogen (secondary N) is 2. The highest BCUT2D eigenvalue weighted by Gasteiger charge is 2.30. The third kappa shape index (κ3) is 3.30. The van der Waals surface area contributed by atoms with Crippen LogP contribution in [0.15, 0.2) is 36.4 Å². The fraction of sp³-hybridized carbons (Fsp3) is 0.371. The molecule has 2 aromatic heterocycles. The molecule has 4 heteroatoms. The second kappa shape index (κ2) is 7.94. The molecule has 8 rings (SSSR count). The van der Waals surface area contributed by atoms with E-state index < -0.39 is 0 Å². The van der Waals surface area contributed by atoms with E-state index in [1.54, 1.807) is 5.56 Å². The Balaban J connectivity index is 1.25. The monoisotopic (exact) mass is 512 g/mol. The first-order valence-corrected chi connectivity index (χ1v) is 14.7. The lowest BCUT2D eigenvalue weighted by Gasteiger charge is -2.28. The molecule has 0 fully saturated rings. The average Bonchev–Trinajstić information content (AvgIpc) is 3.57. The summed E-state index contributed by atoms with van der Waals surface area (Å²) >= 11 is 0. The van der Waals surface area contributed by atoms with E-state index in [4.69, 9.17) is 9.97 Å². The van der Waals surface area contributed by atoms with Crippen LogP contribution in [0.5, 0.6) is 0 Å². The van der Waals surface area contributed by atoms with Crippen molar-refractivity contribution in [1.29, 1.82) is 0 Å². The van der Waals surface area contributed by atoms with Crippen LogP contribution >= 0.6 is 0 Å². The third-order valence-corrected chi connectivity index (χ3v) is 9.37. The van der Waals surface area contributed by atoms with Gasteiger partial charge in [0.05, 0.1) is 22.8 Å². The number of hydrogen-bond donors (Lipinski definition) is 2. The molecule has 4 nitrogen and oxygen atoms in total. The number of H-pyrrole nitrogens is 2. The van der Waals surface area contributed by atoms with Gasteiger partial charge in [0, 0.05) is 22.5 Å². The fourth-order valence-electron chi connectivity index (χ4n) is 7.32. The van der Waals surface area contributed by atoms with Gasteiger partial charge in [0.15, 0.2) is 0 Å². The summed E-state index contributed by atoms with van der Waals surface area (Å²) in [6, 6.07) is 14.3. The number of imidazole rings is 2. The summed E-state index contributed by atoms with van der Waals surface area (Å²) in [5.74, 6) is 2.62. The summed E-state index contributed by atoms with van der Waals surface area (Å²) in [6.45, 7) is 11.1. The first kappa shape index (κ1) is 23.2. The van der Waals surface area contributed by atoms with Gasteiger partial charge in [-0.15, -0.1) is 0 Å². The minimum absolute atomic E-state index is 0.0235. The molecular weight excluding hydrogens is 476 g/mol. The SMILES string of the molecule is CC(C)c1nc2c([nH]1)-c1ccc3c(c1CC2)CCc1c-3ccc2c3c(ccc12)-c1[nH]c(C(C)(C)C)nc1CC3. The van der Waals surface area contributed by atoms with Gasteiger partial charge in [-0.05, 0) is 82.7 Å². The first-order chi connectivity index (χ1) is 18.8. The van der Waals surface area contributed by atoms with Gasteiger partial charge < -0.3 is 9.97 Å². The van der Waals surface area contributed by atoms with E-state index in [1.807, 2.05) is 0 Å². The van der Waals surface area contributed by atoms with Crippen LogP contribution in [-0.2, 0) is 43.9 Å². The summed E-state index contributed by atoms with van der Waals surface area (Å²) in [4.78, 5) is 17.3. The molecule has 196 valence electrons. The van der Waals surface area contributed by atoms with Gasteiger partial charge in [0.2, 0.25) is 0 Å². The second-order valence-corrected chi connectivity index (χ2v) is 13.2. The van der Waals surface area contributed by atoms with E-state index in [9.17, 15) is 0 Å². The van der Waals surface area contributed by atoms with Crippen LogP contribution in [-0.4, -0.2) is 19.9 Å². The number of aromatic nitrogens is 4. The molecule has 2 N–H and O–H groups in total. The molecule has 0 radical (unpaired) electrons. The van der Waals surface area contributed by atoms with Crippen molar-refractivity contribution in [3.05, 3.63) is 81.7 Å². The van der Waals surface area contributed by atoms with Crippen LogP contribution in [0.3, 0.4) is 0 Å². The maximum Gasteiger partial charge on any atom is 0.112 e. The Morgan fingerprint density at radius 1 is 0.590 bits per heavy atom. The van der Waals surface area contributed by atoms with Crippen molar-refractivity contribution in [1.82, 2.24) is 19.9 Å². The Kier molecular flexibility index (Phi) is 4.73. The van der Waals surface area contributed by atoms with Gasteiger partial charge in [-0.2, -0.15) is 0 Å². The molecule has 0 bridgehead atoms. The molecule has 0 atom stereocenters. The van der Waals surface area contributed by atoms with Gasteiger partial charge in [-0.25, -0.2) is 9.97 Å². The lowest BCUT2D eigenvalue weighted by Crippen LogP contribution is -2.13. The van der Waals surface area contributed by atoms with Gasteiger partial charge in [0.1, 0.15) is 11.6 Å². The lowest BCUT2D eigenvalue weighted by atomic mass is 9.76. The van der Waals surface area contributed by atoms with Crippen molar-refractivity contribution in [2.75, 3.05) is 0 Å². The summed E-state index contributed by atoms with van der Waals surface area (Å²) in [5.41, 5.74) is 16.7. The standard InChI is InChI=1S/C35H36N4/c1-18(2)33-36-29-16-14-25-23-8-6-20-19(21(23)10-12-27(25)31(29)38-33)7-9-24-22(20)11-13-28-26(24)15-17-30-32(28)39-34(37-30)35(3,4)5/h7,9-13,18H,6,8,14-17H2,1-5H3,(H,36,38)(H,37,39). The average molecular weight is 513 g/mol. The maximum atomic E-state index is 4.99. The topological polar surface area (TPSA) is 57.4 Å². The van der Waals surface area contributed by atoms with Crippen molar-refractivity contribution in [2.45, 2.75) is 84.5 Å². The Bertz CT molecular complexity index is 1820. The highest BCUT2D eigenvalue weighted by Crippen LogP contribution is 2.46. The molecule has 2 heterocycles. The van der Waals surface area contributed by atoms with Crippen LogP contribution in [0, 0.1) is 0 Å². The molecule has 3 aliphatic carbocycles. The van der Waals surface area contributed by atoms with E-state index in [-0.39, 0.29) is 5.41 Å². The normalized spacial score (nSPS) is 15.4. The number of fused-ring (bicyclic) bond motifs is 13. The molecule has 3 aromatic carbocycles. The zero-order chi connectivity index (χ0) is 26.6. The van der Waals surface area contributed by atoms with Crippen molar-refractivity contribution >= 4 is 10.8 Å². The molecule has 0 amide bonds. The van der Waals surface area contributed by atoms with Gasteiger partial charge in [0.25, 0.3) is 0 Å². The summed E-state index contributed by atoms with van der Waals surface area (Å²) in [5, 5.41) is 2.86. The molecule has 0 saturated carbocycles. The Hall–Kier alpha value is -3.66. The third-order valence-electron chi connectivity index (χ3n) is 9.37. The maximum absolute atomic E-state index is 4.99. The second-order valence-electron chi connectivity index (χ2n) is 13.2. The number of benzene rings is 3. The molecule has 5 aromatic rings. The highest BCUT2D eigenvalue weighted by atomic mass is 15.0. The summed E-state index contributed by atoms with van der Waals surface area (Å²) < 4.78 is 0. The predicted molar refractivity (Wildman–Crippen MR) is 160 cm³/mol. The van der Waals surface area contributed by atoms with E-state index >= 15 is 0 Å². The van der Waals surface area contributed by atoms with E-state index in [0.717, 1.165) is 50.2 Å². The summed E-state index contributed by atoms with van der Waals surface area (Å²) in [6.07, 6.45) is 6.40. The van der Waals surface area contributed by atoms with Crippen LogP contribution < -0.4 is 0 Å².